The monoisotopic (exact) mass is 265 g/mol. The van der Waals surface area contributed by atoms with Gasteiger partial charge >= 0.3 is 0 Å². The van der Waals surface area contributed by atoms with Crippen LogP contribution in [0.2, 0.25) is 0 Å². The first kappa shape index (κ1) is 15.4. The molecule has 0 radical (unpaired) electrons. The second kappa shape index (κ2) is 4.76. The quantitative estimate of drug-likeness (QED) is 0.668. The van der Waals surface area contributed by atoms with Crippen LogP contribution in [-0.4, -0.2) is 23.5 Å². The Kier molecular flexibility index (Phi) is 3.84. The SMILES string of the molecule is CN(C1CC(CC(C)(C)C)C1)C(C)(C)CC1(C)CC1. The fraction of sp³-hybridized carbons (Fsp3) is 1.00. The molecule has 2 rings (SSSR count). The average Bonchev–Trinajstić information content (AvgIpc) is 2.85. The van der Waals surface area contributed by atoms with Crippen LogP contribution in [0.4, 0.5) is 0 Å². The Bertz CT molecular complexity index is 313. The van der Waals surface area contributed by atoms with Gasteiger partial charge in [-0.25, -0.2) is 0 Å². The molecule has 2 saturated carbocycles. The second-order valence-corrected chi connectivity index (χ2v) is 9.67. The molecule has 0 heterocycles. The minimum atomic E-state index is 0.378. The van der Waals surface area contributed by atoms with Gasteiger partial charge in [0.05, 0.1) is 0 Å². The molecule has 0 N–H and O–H groups in total. The number of hydrogen-bond donors (Lipinski definition) is 0. The molecule has 2 aliphatic rings. The van der Waals surface area contributed by atoms with Crippen molar-refractivity contribution in [3.05, 3.63) is 0 Å². The van der Waals surface area contributed by atoms with E-state index in [0.717, 1.165) is 12.0 Å². The van der Waals surface area contributed by atoms with Crippen molar-refractivity contribution in [2.24, 2.45) is 16.7 Å². The van der Waals surface area contributed by atoms with Gasteiger partial charge in [-0.05, 0) is 76.2 Å². The van der Waals surface area contributed by atoms with Crippen LogP contribution in [-0.2, 0) is 0 Å². The largest absolute Gasteiger partial charge is 0.298 e. The van der Waals surface area contributed by atoms with E-state index in [1.165, 1.54) is 38.5 Å². The molecule has 2 fully saturated rings. The summed E-state index contributed by atoms with van der Waals surface area (Å²) in [5, 5.41) is 0. The van der Waals surface area contributed by atoms with E-state index in [4.69, 9.17) is 0 Å². The lowest BCUT2D eigenvalue weighted by atomic mass is 9.70. The summed E-state index contributed by atoms with van der Waals surface area (Å²) < 4.78 is 0. The van der Waals surface area contributed by atoms with Crippen molar-refractivity contribution in [3.8, 4) is 0 Å². The molecule has 1 nitrogen and oxygen atoms in total. The summed E-state index contributed by atoms with van der Waals surface area (Å²) >= 11 is 0. The van der Waals surface area contributed by atoms with Crippen LogP contribution in [0.1, 0.15) is 80.1 Å². The van der Waals surface area contributed by atoms with Crippen LogP contribution in [0, 0.1) is 16.7 Å². The summed E-state index contributed by atoms with van der Waals surface area (Å²) in [6.45, 7) is 14.5. The minimum Gasteiger partial charge on any atom is -0.298 e. The Morgan fingerprint density at radius 1 is 1.05 bits per heavy atom. The molecule has 0 aliphatic heterocycles. The van der Waals surface area contributed by atoms with E-state index < -0.39 is 0 Å². The van der Waals surface area contributed by atoms with E-state index >= 15 is 0 Å². The fourth-order valence-electron chi connectivity index (χ4n) is 4.10. The van der Waals surface area contributed by atoms with E-state index in [-0.39, 0.29) is 0 Å². The van der Waals surface area contributed by atoms with Crippen molar-refractivity contribution in [1.82, 2.24) is 4.90 Å². The van der Waals surface area contributed by atoms with Crippen LogP contribution in [0.25, 0.3) is 0 Å². The van der Waals surface area contributed by atoms with Crippen molar-refractivity contribution in [2.75, 3.05) is 7.05 Å². The first-order valence-electron chi connectivity index (χ1n) is 8.24. The van der Waals surface area contributed by atoms with E-state index in [2.05, 4.69) is 53.5 Å². The fourth-order valence-corrected chi connectivity index (χ4v) is 4.10. The molecular formula is C18H35N. The third-order valence-corrected chi connectivity index (χ3v) is 5.58. The average molecular weight is 265 g/mol. The summed E-state index contributed by atoms with van der Waals surface area (Å²) in [6, 6.07) is 0.838. The number of hydrogen-bond acceptors (Lipinski definition) is 1. The first-order valence-corrected chi connectivity index (χ1v) is 8.24. The molecule has 0 saturated heterocycles. The summed E-state index contributed by atoms with van der Waals surface area (Å²) in [6.07, 6.45) is 8.51. The highest BCUT2D eigenvalue weighted by molar-refractivity contribution is 5.00. The molecule has 0 unspecified atom stereocenters. The molecule has 0 amide bonds. The third-order valence-electron chi connectivity index (χ3n) is 5.58. The lowest BCUT2D eigenvalue weighted by molar-refractivity contribution is 0.000266. The van der Waals surface area contributed by atoms with Gasteiger partial charge in [-0.3, -0.25) is 4.90 Å². The number of nitrogens with zero attached hydrogens (tertiary/aromatic N) is 1. The molecule has 1 heteroatoms. The van der Waals surface area contributed by atoms with Crippen LogP contribution < -0.4 is 0 Å². The summed E-state index contributed by atoms with van der Waals surface area (Å²) in [5.41, 5.74) is 1.54. The highest BCUT2D eigenvalue weighted by Gasteiger charge is 2.46. The molecule has 0 aromatic rings. The standard InChI is InChI=1S/C18H35N/c1-16(2,3)12-14-10-15(11-14)19(7)17(4,5)13-18(6)8-9-18/h14-15H,8-13H2,1-7H3. The van der Waals surface area contributed by atoms with Crippen LogP contribution in [0.15, 0.2) is 0 Å². The predicted octanol–water partition coefficient (Wildman–Crippen LogP) is 5.10. The van der Waals surface area contributed by atoms with Gasteiger partial charge in [-0.1, -0.05) is 27.7 Å². The maximum Gasteiger partial charge on any atom is 0.0158 e. The summed E-state index contributed by atoms with van der Waals surface area (Å²) in [7, 11) is 2.36. The highest BCUT2D eigenvalue weighted by Crippen LogP contribution is 2.52. The van der Waals surface area contributed by atoms with E-state index in [1.807, 2.05) is 0 Å². The highest BCUT2D eigenvalue weighted by atomic mass is 15.2. The Morgan fingerprint density at radius 3 is 2.00 bits per heavy atom. The summed E-state index contributed by atoms with van der Waals surface area (Å²) in [5.74, 6) is 0.972. The summed E-state index contributed by atoms with van der Waals surface area (Å²) in [4.78, 5) is 2.69. The van der Waals surface area contributed by atoms with Crippen molar-refractivity contribution >= 4 is 0 Å². The third kappa shape index (κ3) is 3.97. The molecule has 0 aromatic carbocycles. The molecule has 2 aliphatic carbocycles. The van der Waals surface area contributed by atoms with Crippen molar-refractivity contribution < 1.29 is 0 Å². The zero-order valence-corrected chi connectivity index (χ0v) is 14.3. The molecule has 0 bridgehead atoms. The van der Waals surface area contributed by atoms with Gasteiger partial charge < -0.3 is 0 Å². The molecule has 0 aromatic heterocycles. The predicted molar refractivity (Wildman–Crippen MR) is 84.4 cm³/mol. The van der Waals surface area contributed by atoms with Crippen molar-refractivity contribution in [2.45, 2.75) is 91.6 Å². The van der Waals surface area contributed by atoms with E-state index in [1.54, 1.807) is 0 Å². The topological polar surface area (TPSA) is 3.24 Å². The maximum absolute atomic E-state index is 2.69. The zero-order valence-electron chi connectivity index (χ0n) is 14.3. The Balaban J connectivity index is 1.80. The maximum atomic E-state index is 2.69. The smallest absolute Gasteiger partial charge is 0.0158 e. The van der Waals surface area contributed by atoms with Gasteiger partial charge in [0.2, 0.25) is 0 Å². The molecule has 0 atom stereocenters. The van der Waals surface area contributed by atoms with Gasteiger partial charge in [0.25, 0.3) is 0 Å². The van der Waals surface area contributed by atoms with Crippen molar-refractivity contribution in [3.63, 3.8) is 0 Å². The normalized spacial score (nSPS) is 30.3. The molecular weight excluding hydrogens is 230 g/mol. The molecule has 0 spiro atoms. The van der Waals surface area contributed by atoms with Crippen LogP contribution in [0.5, 0.6) is 0 Å². The first-order chi connectivity index (χ1) is 8.51. The Hall–Kier alpha value is -0.0400. The van der Waals surface area contributed by atoms with E-state index in [9.17, 15) is 0 Å². The van der Waals surface area contributed by atoms with Gasteiger partial charge in [0.1, 0.15) is 0 Å². The van der Waals surface area contributed by atoms with Gasteiger partial charge in [-0.15, -0.1) is 0 Å². The van der Waals surface area contributed by atoms with Gasteiger partial charge in [0.15, 0.2) is 0 Å². The lowest BCUT2D eigenvalue weighted by Gasteiger charge is -2.50. The number of rotatable bonds is 5. The second-order valence-electron chi connectivity index (χ2n) is 9.67. The minimum absolute atomic E-state index is 0.378. The Labute approximate surface area is 121 Å². The molecule has 19 heavy (non-hydrogen) atoms. The van der Waals surface area contributed by atoms with Crippen molar-refractivity contribution in [1.29, 1.82) is 0 Å². The Morgan fingerprint density at radius 2 is 1.58 bits per heavy atom. The van der Waals surface area contributed by atoms with Crippen LogP contribution >= 0.6 is 0 Å². The molecule has 112 valence electrons. The van der Waals surface area contributed by atoms with Gasteiger partial charge in [0, 0.05) is 11.6 Å². The zero-order chi connectivity index (χ0) is 14.5. The van der Waals surface area contributed by atoms with E-state index in [0.29, 0.717) is 16.4 Å². The van der Waals surface area contributed by atoms with Gasteiger partial charge in [-0.2, -0.15) is 0 Å². The lowest BCUT2D eigenvalue weighted by Crippen LogP contribution is -2.53. The van der Waals surface area contributed by atoms with Crippen LogP contribution in [0.3, 0.4) is 0 Å².